The van der Waals surface area contributed by atoms with Crippen molar-refractivity contribution in [2.45, 2.75) is 155 Å². The first kappa shape index (κ1) is 35.2. The number of amides is 1. The van der Waals surface area contributed by atoms with E-state index in [0.717, 1.165) is 44.9 Å². The van der Waals surface area contributed by atoms with Gasteiger partial charge in [0, 0.05) is 31.1 Å². The molecule has 3 saturated heterocycles. The standard InChI is InChI=1S/C40H65NO8/c1-23-20-25(32(42)36(4,5)45)48-31-30(23)37(6)14-15-40-22-39(40)13-10-28(35(2,3)26(39)8-9-27(40)38(37,7)33(31)43)49-29-21-41(16-19-47-29)34(44)24-11-17-46-18-12-24/h23-33,42-43,45H,8-22H2,1-7H3/t23-,25-,26+,27+,28?,29?,30?,31+,32+,33+,37-,38-,39?,40+/m1/s1. The number of fused-ring (bicyclic) bond motifs is 4. The third-order valence-electron chi connectivity index (χ3n) is 17.1. The van der Waals surface area contributed by atoms with E-state index < -0.39 is 23.9 Å². The summed E-state index contributed by atoms with van der Waals surface area (Å²) in [6.45, 7) is 18.3. The van der Waals surface area contributed by atoms with Crippen LogP contribution in [0, 0.1) is 56.7 Å². The van der Waals surface area contributed by atoms with Gasteiger partial charge in [-0.05, 0) is 123 Å². The van der Waals surface area contributed by atoms with Crippen LogP contribution in [0.15, 0.2) is 0 Å². The molecule has 4 unspecified atom stereocenters. The molecule has 14 atom stereocenters. The van der Waals surface area contributed by atoms with E-state index in [4.69, 9.17) is 18.9 Å². The van der Waals surface area contributed by atoms with Crippen LogP contribution in [0.4, 0.5) is 0 Å². The number of morpholine rings is 1. The average Bonchev–Trinajstić information content (AvgIpc) is 3.70. The number of carbonyl (C=O) groups is 1. The Labute approximate surface area is 294 Å². The fraction of sp³-hybridized carbons (Fsp3) is 0.975. The molecule has 278 valence electrons. The van der Waals surface area contributed by atoms with Gasteiger partial charge in [-0.2, -0.15) is 0 Å². The summed E-state index contributed by atoms with van der Waals surface area (Å²) in [5.74, 6) is 1.79. The molecule has 3 N–H and O–H groups in total. The van der Waals surface area contributed by atoms with E-state index in [-0.39, 0.29) is 69.2 Å². The Kier molecular flexibility index (Phi) is 8.34. The molecule has 1 amide bonds. The highest BCUT2D eigenvalue weighted by atomic mass is 16.7. The van der Waals surface area contributed by atoms with E-state index in [2.05, 4.69) is 34.6 Å². The minimum absolute atomic E-state index is 0.0227. The summed E-state index contributed by atoms with van der Waals surface area (Å²) >= 11 is 0. The summed E-state index contributed by atoms with van der Waals surface area (Å²) in [7, 11) is 0. The van der Waals surface area contributed by atoms with E-state index in [1.807, 2.05) is 4.90 Å². The molecule has 9 nitrogen and oxygen atoms in total. The van der Waals surface area contributed by atoms with Gasteiger partial charge in [0.25, 0.3) is 0 Å². The van der Waals surface area contributed by atoms with Gasteiger partial charge in [-0.1, -0.05) is 34.6 Å². The maximum Gasteiger partial charge on any atom is 0.226 e. The number of carbonyl (C=O) groups excluding carboxylic acids is 1. The van der Waals surface area contributed by atoms with Gasteiger partial charge in [-0.25, -0.2) is 0 Å². The molecule has 9 heteroatoms. The van der Waals surface area contributed by atoms with Crippen molar-refractivity contribution in [3.63, 3.8) is 0 Å². The number of hydrogen-bond acceptors (Lipinski definition) is 8. The normalized spacial score (nSPS) is 51.5. The van der Waals surface area contributed by atoms with Gasteiger partial charge in [0.2, 0.25) is 5.91 Å². The van der Waals surface area contributed by atoms with Crippen molar-refractivity contribution in [3.8, 4) is 0 Å². The van der Waals surface area contributed by atoms with E-state index >= 15 is 0 Å². The molecule has 0 radical (unpaired) electrons. The fourth-order valence-corrected chi connectivity index (χ4v) is 14.5. The van der Waals surface area contributed by atoms with Gasteiger partial charge in [-0.15, -0.1) is 0 Å². The summed E-state index contributed by atoms with van der Waals surface area (Å²) < 4.78 is 25.2. The second-order valence-electron chi connectivity index (χ2n) is 19.7. The first-order chi connectivity index (χ1) is 23.0. The minimum Gasteiger partial charge on any atom is -0.390 e. The fourth-order valence-electron chi connectivity index (χ4n) is 14.5. The molecule has 8 fully saturated rings. The molecule has 5 saturated carbocycles. The third-order valence-corrected chi connectivity index (χ3v) is 17.1. The van der Waals surface area contributed by atoms with E-state index in [1.54, 1.807) is 13.8 Å². The molecule has 2 spiro atoms. The van der Waals surface area contributed by atoms with Crippen molar-refractivity contribution in [1.82, 2.24) is 4.90 Å². The Morgan fingerprint density at radius 3 is 2.37 bits per heavy atom. The number of nitrogens with zero attached hydrogens (tertiary/aromatic N) is 1. The molecular weight excluding hydrogens is 622 g/mol. The lowest BCUT2D eigenvalue weighted by atomic mass is 9.41. The van der Waals surface area contributed by atoms with Crippen LogP contribution in [0.2, 0.25) is 0 Å². The Morgan fingerprint density at radius 2 is 1.65 bits per heavy atom. The van der Waals surface area contributed by atoms with E-state index in [0.29, 0.717) is 51.2 Å². The van der Waals surface area contributed by atoms with Crippen LogP contribution >= 0.6 is 0 Å². The highest BCUT2D eigenvalue weighted by Crippen LogP contribution is 2.89. The van der Waals surface area contributed by atoms with Gasteiger partial charge in [0.05, 0.1) is 43.2 Å². The molecule has 49 heavy (non-hydrogen) atoms. The number of aliphatic hydroxyl groups excluding tert-OH is 2. The summed E-state index contributed by atoms with van der Waals surface area (Å²) in [6, 6.07) is 0. The maximum absolute atomic E-state index is 13.3. The van der Waals surface area contributed by atoms with Crippen molar-refractivity contribution in [3.05, 3.63) is 0 Å². The van der Waals surface area contributed by atoms with Crippen LogP contribution in [0.25, 0.3) is 0 Å². The second kappa shape index (κ2) is 11.6. The van der Waals surface area contributed by atoms with Crippen LogP contribution in [0.5, 0.6) is 0 Å². The predicted octanol–water partition coefficient (Wildman–Crippen LogP) is 4.93. The lowest BCUT2D eigenvalue weighted by Crippen LogP contribution is -2.60. The molecule has 0 aromatic carbocycles. The van der Waals surface area contributed by atoms with Crippen molar-refractivity contribution in [2.75, 3.05) is 32.9 Å². The number of aliphatic hydroxyl groups is 3. The lowest BCUT2D eigenvalue weighted by Gasteiger charge is -2.64. The first-order valence-corrected chi connectivity index (χ1v) is 19.9. The van der Waals surface area contributed by atoms with Crippen LogP contribution in [-0.4, -0.2) is 101 Å². The largest absolute Gasteiger partial charge is 0.390 e. The maximum atomic E-state index is 13.3. The summed E-state index contributed by atoms with van der Waals surface area (Å²) in [5, 5.41) is 34.2. The van der Waals surface area contributed by atoms with Crippen molar-refractivity contribution in [2.24, 2.45) is 56.7 Å². The van der Waals surface area contributed by atoms with E-state index in [1.165, 1.54) is 12.8 Å². The molecular formula is C40H65NO8. The van der Waals surface area contributed by atoms with Crippen LogP contribution in [0.1, 0.15) is 113 Å². The van der Waals surface area contributed by atoms with Gasteiger partial charge in [-0.3, -0.25) is 4.79 Å². The lowest BCUT2D eigenvalue weighted by molar-refractivity contribution is -0.248. The first-order valence-electron chi connectivity index (χ1n) is 19.9. The molecule has 0 bridgehead atoms. The van der Waals surface area contributed by atoms with Gasteiger partial charge >= 0.3 is 0 Å². The topological polar surface area (TPSA) is 118 Å². The zero-order valence-corrected chi connectivity index (χ0v) is 31.3. The Morgan fingerprint density at radius 1 is 0.959 bits per heavy atom. The van der Waals surface area contributed by atoms with Gasteiger partial charge in [0.15, 0.2) is 6.29 Å². The molecule has 8 rings (SSSR count). The smallest absolute Gasteiger partial charge is 0.226 e. The highest BCUT2D eigenvalue weighted by Gasteiger charge is 2.84. The number of rotatable bonds is 5. The summed E-state index contributed by atoms with van der Waals surface area (Å²) in [5.41, 5.74) is -1.08. The quantitative estimate of drug-likeness (QED) is 0.373. The molecule has 5 aliphatic carbocycles. The van der Waals surface area contributed by atoms with Crippen molar-refractivity contribution < 1.29 is 39.1 Å². The number of ether oxygens (including phenoxy) is 4. The molecule has 3 heterocycles. The minimum atomic E-state index is -1.26. The zero-order valence-electron chi connectivity index (χ0n) is 31.3. The van der Waals surface area contributed by atoms with E-state index in [9.17, 15) is 20.1 Å². The summed E-state index contributed by atoms with van der Waals surface area (Å²) in [4.78, 5) is 15.3. The van der Waals surface area contributed by atoms with Crippen LogP contribution in [-0.2, 0) is 23.7 Å². The predicted molar refractivity (Wildman–Crippen MR) is 183 cm³/mol. The van der Waals surface area contributed by atoms with Crippen LogP contribution < -0.4 is 0 Å². The molecule has 0 aromatic heterocycles. The summed E-state index contributed by atoms with van der Waals surface area (Å²) in [6.07, 6.45) is 7.61. The van der Waals surface area contributed by atoms with Crippen molar-refractivity contribution in [1.29, 1.82) is 0 Å². The number of hydrogen-bond donors (Lipinski definition) is 3. The molecule has 0 aromatic rings. The molecule has 8 aliphatic rings. The second-order valence-corrected chi connectivity index (χ2v) is 19.7. The van der Waals surface area contributed by atoms with Crippen LogP contribution in [0.3, 0.4) is 0 Å². The highest BCUT2D eigenvalue weighted by molar-refractivity contribution is 5.79. The van der Waals surface area contributed by atoms with Crippen molar-refractivity contribution >= 4 is 5.91 Å². The SMILES string of the molecule is C[C@@H]1C[C@H]([C@H](O)C(C)(C)O)O[C@H]2C1[C@@]1(C)CC[C@@]34CC35CCC(OC3CN(C(=O)C6CCOCC6)CCO3)C(C)(C)[C@@H]5CC[C@H]4[C@]1(C)[C@H]2O. The Hall–Kier alpha value is -0.810. The monoisotopic (exact) mass is 687 g/mol. The average molecular weight is 688 g/mol. The Bertz CT molecular complexity index is 1300. The Balaban J connectivity index is 0.993. The van der Waals surface area contributed by atoms with Gasteiger partial charge in [0.1, 0.15) is 6.10 Å². The zero-order chi connectivity index (χ0) is 34.9. The molecule has 3 aliphatic heterocycles. The van der Waals surface area contributed by atoms with Gasteiger partial charge < -0.3 is 39.2 Å². The third kappa shape index (κ3) is 4.83.